The van der Waals surface area contributed by atoms with Crippen LogP contribution in [0.25, 0.3) is 22.3 Å². The third-order valence-corrected chi connectivity index (χ3v) is 9.56. The summed E-state index contributed by atoms with van der Waals surface area (Å²) in [6.07, 6.45) is 3.18. The van der Waals surface area contributed by atoms with Crippen LogP contribution in [0.1, 0.15) is 22.5 Å². The fourth-order valence-corrected chi connectivity index (χ4v) is 6.38. The number of nitriles is 2. The maximum absolute atomic E-state index is 13.4. The first-order valence-electron chi connectivity index (χ1n) is 16.9. The summed E-state index contributed by atoms with van der Waals surface area (Å²) in [5, 5.41) is 31.9. The smallest absolute Gasteiger partial charge is 0.340 e. The summed E-state index contributed by atoms with van der Waals surface area (Å²) in [6.45, 7) is 0. The van der Waals surface area contributed by atoms with Gasteiger partial charge in [-0.25, -0.2) is 24.7 Å². The number of primary amides is 1. The van der Waals surface area contributed by atoms with Crippen LogP contribution in [0.5, 0.6) is 0 Å². The molecule has 2 aromatic heterocycles. The highest BCUT2D eigenvalue weighted by Gasteiger charge is 2.27. The fraction of sp³-hybridized carbons (Fsp3) is 0. The Morgan fingerprint density at radius 3 is 1.49 bits per heavy atom. The molecule has 57 heavy (non-hydrogen) atoms. The zero-order valence-electron chi connectivity index (χ0n) is 29.4. The van der Waals surface area contributed by atoms with Gasteiger partial charge in [0.15, 0.2) is 0 Å². The number of nitrogens with two attached hydrogens (primary N) is 1. The number of hydrogen-bond donors (Lipinski definition) is 3. The predicted molar refractivity (Wildman–Crippen MR) is 226 cm³/mol. The number of hydrogen-bond acceptors (Lipinski definition) is 10. The van der Waals surface area contributed by atoms with E-state index in [1.165, 1.54) is 0 Å². The third kappa shape index (κ3) is 8.72. The SMILES string of the molecule is N#Cc1ccc(Nc2ncc(-c3ccccc3Cl)c(C(=NN(C(N)=O)c3ccc(Br)cc3)c3nc(Nc4ccc(C#N)cc4)ncc3-c3ccccc3Cl)n2)cc1. The number of amides is 2. The Kier molecular flexibility index (Phi) is 11.4. The first kappa shape index (κ1) is 38.1. The van der Waals surface area contributed by atoms with Gasteiger partial charge in [0.1, 0.15) is 17.1 Å². The standard InChI is InChI=1S/C42H26BrCl2N11O/c43-27-13-19-30(20-14-27)56(40(48)57)55-39(37-33(31-5-1-3-7-35(31)44)23-49-41(53-37)51-28-15-9-25(21-46)10-16-28)38-34(32-6-2-4-8-36(32)45)24-50-42(54-38)52-29-17-11-26(22-47)12-18-29/h1-20,23-24H,(H2,48,57)(H,49,51,53)(H,50,52,54). The van der Waals surface area contributed by atoms with Crippen LogP contribution in [-0.2, 0) is 0 Å². The molecule has 0 atom stereocenters. The van der Waals surface area contributed by atoms with E-state index in [9.17, 15) is 15.3 Å². The highest BCUT2D eigenvalue weighted by atomic mass is 79.9. The number of aromatic nitrogens is 4. The molecule has 0 saturated carbocycles. The van der Waals surface area contributed by atoms with Gasteiger partial charge in [0, 0.05) is 60.5 Å². The Morgan fingerprint density at radius 1 is 0.649 bits per heavy atom. The number of nitrogens with one attached hydrogen (secondary N) is 2. The molecule has 0 radical (unpaired) electrons. The van der Waals surface area contributed by atoms with Crippen LogP contribution >= 0.6 is 39.1 Å². The quantitative estimate of drug-likeness (QED) is 0.0891. The van der Waals surface area contributed by atoms with E-state index >= 15 is 0 Å². The van der Waals surface area contributed by atoms with Gasteiger partial charge in [0.2, 0.25) is 11.9 Å². The van der Waals surface area contributed by atoms with Crippen molar-refractivity contribution in [1.29, 1.82) is 10.5 Å². The van der Waals surface area contributed by atoms with E-state index in [0.29, 0.717) is 60.5 Å². The maximum atomic E-state index is 13.4. The van der Waals surface area contributed by atoms with Crippen LogP contribution in [0.2, 0.25) is 10.0 Å². The van der Waals surface area contributed by atoms with Crippen LogP contribution in [0.15, 0.2) is 143 Å². The van der Waals surface area contributed by atoms with E-state index in [0.717, 1.165) is 9.48 Å². The molecule has 7 rings (SSSR count). The second-order valence-electron chi connectivity index (χ2n) is 12.1. The van der Waals surface area contributed by atoms with Gasteiger partial charge < -0.3 is 16.4 Å². The number of halogens is 3. The van der Waals surface area contributed by atoms with E-state index in [-0.39, 0.29) is 29.0 Å². The van der Waals surface area contributed by atoms with E-state index in [4.69, 9.17) is 44.0 Å². The predicted octanol–water partition coefficient (Wildman–Crippen LogP) is 10.2. The molecule has 0 fully saturated rings. The van der Waals surface area contributed by atoms with Gasteiger partial charge in [0.25, 0.3) is 0 Å². The van der Waals surface area contributed by atoms with Crippen molar-refractivity contribution in [3.63, 3.8) is 0 Å². The molecule has 4 N–H and O–H groups in total. The normalized spacial score (nSPS) is 10.5. The van der Waals surface area contributed by atoms with Crippen molar-refractivity contribution >= 4 is 79.8 Å². The van der Waals surface area contributed by atoms with Crippen LogP contribution in [0.4, 0.5) is 33.8 Å². The van der Waals surface area contributed by atoms with Gasteiger partial charge in [-0.05, 0) is 84.9 Å². The average molecular weight is 852 g/mol. The molecule has 276 valence electrons. The lowest BCUT2D eigenvalue weighted by atomic mass is 9.97. The van der Waals surface area contributed by atoms with E-state index in [1.807, 2.05) is 24.3 Å². The molecular formula is C42H26BrCl2N11O. The molecule has 0 aliphatic carbocycles. The second-order valence-corrected chi connectivity index (χ2v) is 13.8. The van der Waals surface area contributed by atoms with Crippen molar-refractivity contribution < 1.29 is 4.79 Å². The van der Waals surface area contributed by atoms with Crippen molar-refractivity contribution in [2.75, 3.05) is 15.6 Å². The summed E-state index contributed by atoms with van der Waals surface area (Å²) < 4.78 is 0.769. The monoisotopic (exact) mass is 849 g/mol. The summed E-state index contributed by atoms with van der Waals surface area (Å²) in [6, 6.07) is 38.0. The van der Waals surface area contributed by atoms with E-state index < -0.39 is 6.03 Å². The number of rotatable bonds is 10. The number of nitrogens with zero attached hydrogens (tertiary/aromatic N) is 8. The molecule has 15 heteroatoms. The largest absolute Gasteiger partial charge is 0.350 e. The van der Waals surface area contributed by atoms with Gasteiger partial charge in [0.05, 0.1) is 29.0 Å². The molecule has 0 spiro atoms. The zero-order valence-corrected chi connectivity index (χ0v) is 32.5. The maximum Gasteiger partial charge on any atom is 0.340 e. The summed E-state index contributed by atoms with van der Waals surface area (Å²) in [5.74, 6) is 0.300. The number of urea groups is 1. The fourth-order valence-electron chi connectivity index (χ4n) is 5.64. The molecule has 0 aliphatic rings. The lowest BCUT2D eigenvalue weighted by molar-refractivity contribution is 0.254. The van der Waals surface area contributed by atoms with Crippen molar-refractivity contribution in [3.05, 3.63) is 171 Å². The summed E-state index contributed by atoms with van der Waals surface area (Å²) in [5.41, 5.74) is 11.0. The van der Waals surface area contributed by atoms with Gasteiger partial charge >= 0.3 is 6.03 Å². The Hall–Kier alpha value is -7.16. The minimum atomic E-state index is -0.900. The number of benzene rings is 5. The molecule has 7 aromatic rings. The molecule has 2 amide bonds. The van der Waals surface area contributed by atoms with E-state index in [2.05, 4.69) is 48.7 Å². The number of anilines is 5. The van der Waals surface area contributed by atoms with Crippen LogP contribution in [0, 0.1) is 22.7 Å². The Morgan fingerprint density at radius 2 is 1.09 bits per heavy atom. The minimum Gasteiger partial charge on any atom is -0.350 e. The van der Waals surface area contributed by atoms with Crippen molar-refractivity contribution in [3.8, 4) is 34.4 Å². The number of carbonyl (C=O) groups excluding carboxylic acids is 1. The first-order chi connectivity index (χ1) is 27.7. The highest BCUT2D eigenvalue weighted by Crippen LogP contribution is 2.36. The molecule has 0 unspecified atom stereocenters. The Balaban J connectivity index is 1.53. The van der Waals surface area contributed by atoms with Gasteiger partial charge in [-0.15, -0.1) is 0 Å². The third-order valence-electron chi connectivity index (χ3n) is 8.37. The summed E-state index contributed by atoms with van der Waals surface area (Å²) in [4.78, 5) is 32.7. The lowest BCUT2D eigenvalue weighted by Gasteiger charge is -2.21. The number of carbonyl (C=O) groups is 1. The summed E-state index contributed by atoms with van der Waals surface area (Å²) in [7, 11) is 0. The van der Waals surface area contributed by atoms with Gasteiger partial charge in [-0.1, -0.05) is 75.5 Å². The highest BCUT2D eigenvalue weighted by molar-refractivity contribution is 9.10. The van der Waals surface area contributed by atoms with Crippen molar-refractivity contribution in [2.45, 2.75) is 0 Å². The molecule has 2 heterocycles. The summed E-state index contributed by atoms with van der Waals surface area (Å²) >= 11 is 17.1. The Labute approximate surface area is 345 Å². The minimum absolute atomic E-state index is 0.0668. The van der Waals surface area contributed by atoms with Crippen LogP contribution in [-0.4, -0.2) is 31.7 Å². The van der Waals surface area contributed by atoms with E-state index in [1.54, 1.807) is 109 Å². The second kappa shape index (κ2) is 17.1. The molecule has 12 nitrogen and oxygen atoms in total. The van der Waals surface area contributed by atoms with Crippen LogP contribution in [0.3, 0.4) is 0 Å². The molecule has 0 saturated heterocycles. The average Bonchev–Trinajstić information content (AvgIpc) is 3.23. The molecule has 5 aromatic carbocycles. The lowest BCUT2D eigenvalue weighted by Crippen LogP contribution is -2.33. The Bertz CT molecular complexity index is 2580. The van der Waals surface area contributed by atoms with Gasteiger partial charge in [-0.2, -0.15) is 20.6 Å². The van der Waals surface area contributed by atoms with Crippen molar-refractivity contribution in [2.24, 2.45) is 10.8 Å². The van der Waals surface area contributed by atoms with Crippen molar-refractivity contribution in [1.82, 2.24) is 19.9 Å². The molecule has 0 aliphatic heterocycles. The first-order valence-corrected chi connectivity index (χ1v) is 18.5. The molecular weight excluding hydrogens is 825 g/mol. The topological polar surface area (TPSA) is 182 Å². The number of hydrazone groups is 1. The van der Waals surface area contributed by atoms with Crippen LogP contribution < -0.4 is 21.4 Å². The van der Waals surface area contributed by atoms with Gasteiger partial charge in [-0.3, -0.25) is 0 Å². The zero-order chi connectivity index (χ0) is 39.9. The molecule has 0 bridgehead atoms.